The van der Waals surface area contributed by atoms with Gasteiger partial charge in [-0.2, -0.15) is 0 Å². The van der Waals surface area contributed by atoms with Crippen LogP contribution in [0.4, 0.5) is 0 Å². The topological polar surface area (TPSA) is 50.8 Å². The number of hydrogen-bond acceptors (Lipinski definition) is 4. The first-order chi connectivity index (χ1) is 9.77. The molecule has 0 aromatic heterocycles. The molecule has 5 heteroatoms. The van der Waals surface area contributed by atoms with Gasteiger partial charge in [0.2, 0.25) is 5.91 Å². The first-order valence-electron chi connectivity index (χ1n) is 7.99. The zero-order chi connectivity index (χ0) is 14.2. The monoisotopic (exact) mass is 284 g/mol. The van der Waals surface area contributed by atoms with Crippen molar-refractivity contribution in [2.75, 3.05) is 39.5 Å². The lowest BCUT2D eigenvalue weighted by molar-refractivity contribution is -0.137. The minimum absolute atomic E-state index is 0.136. The zero-order valence-electron chi connectivity index (χ0n) is 12.6. The van der Waals surface area contributed by atoms with Crippen molar-refractivity contribution in [2.45, 2.75) is 51.2 Å². The van der Waals surface area contributed by atoms with Crippen LogP contribution in [0.25, 0.3) is 0 Å². The number of rotatable bonds is 6. The molecule has 1 aliphatic carbocycles. The second kappa shape index (κ2) is 8.60. The van der Waals surface area contributed by atoms with E-state index in [1.54, 1.807) is 0 Å². The molecule has 2 aliphatic rings. The molecule has 1 heterocycles. The number of ether oxygens (including phenoxy) is 2. The lowest BCUT2D eigenvalue weighted by atomic mass is 9.98. The Kier molecular flexibility index (Phi) is 6.76. The lowest BCUT2D eigenvalue weighted by Gasteiger charge is -2.29. The van der Waals surface area contributed by atoms with E-state index < -0.39 is 0 Å². The molecule has 1 amide bonds. The summed E-state index contributed by atoms with van der Waals surface area (Å²) in [6.45, 7) is 6.11. The Morgan fingerprint density at radius 3 is 2.70 bits per heavy atom. The summed E-state index contributed by atoms with van der Waals surface area (Å²) in [4.78, 5) is 14.0. The molecule has 1 aliphatic heterocycles. The third-order valence-electron chi connectivity index (χ3n) is 4.15. The fourth-order valence-corrected chi connectivity index (χ4v) is 2.88. The summed E-state index contributed by atoms with van der Waals surface area (Å²) >= 11 is 0. The Morgan fingerprint density at radius 2 is 2.00 bits per heavy atom. The second-order valence-corrected chi connectivity index (χ2v) is 5.74. The van der Waals surface area contributed by atoms with Gasteiger partial charge in [0, 0.05) is 19.6 Å². The van der Waals surface area contributed by atoms with Crippen molar-refractivity contribution in [2.24, 2.45) is 0 Å². The van der Waals surface area contributed by atoms with Crippen LogP contribution in [0.5, 0.6) is 0 Å². The summed E-state index contributed by atoms with van der Waals surface area (Å²) < 4.78 is 11.1. The molecule has 1 saturated carbocycles. The molecule has 0 aromatic carbocycles. The molecule has 2 fully saturated rings. The van der Waals surface area contributed by atoms with E-state index in [1.165, 1.54) is 32.1 Å². The van der Waals surface area contributed by atoms with Crippen LogP contribution in [-0.2, 0) is 14.3 Å². The Labute approximate surface area is 122 Å². The van der Waals surface area contributed by atoms with Gasteiger partial charge in [-0.25, -0.2) is 0 Å². The molecule has 2 rings (SSSR count). The Morgan fingerprint density at radius 1 is 1.30 bits per heavy atom. The van der Waals surface area contributed by atoms with Gasteiger partial charge in [0.15, 0.2) is 0 Å². The number of carbonyl (C=O) groups is 1. The molecule has 0 aromatic rings. The first-order valence-corrected chi connectivity index (χ1v) is 7.99. The summed E-state index contributed by atoms with van der Waals surface area (Å²) in [5.74, 6) is 0.172. The highest BCUT2D eigenvalue weighted by Crippen LogP contribution is 2.19. The molecule has 1 saturated heterocycles. The highest BCUT2D eigenvalue weighted by atomic mass is 16.5. The van der Waals surface area contributed by atoms with Crippen molar-refractivity contribution in [3.8, 4) is 0 Å². The van der Waals surface area contributed by atoms with Gasteiger partial charge in [0.05, 0.1) is 32.0 Å². The average molecular weight is 284 g/mol. The van der Waals surface area contributed by atoms with Crippen molar-refractivity contribution < 1.29 is 14.3 Å². The lowest BCUT2D eigenvalue weighted by Crippen LogP contribution is -2.49. The summed E-state index contributed by atoms with van der Waals surface area (Å²) in [5.41, 5.74) is 0. The number of nitrogens with zero attached hydrogens (tertiary/aromatic N) is 1. The minimum atomic E-state index is -0.136. The molecule has 1 N–H and O–H groups in total. The molecule has 1 atom stereocenters. The Hall–Kier alpha value is -0.650. The van der Waals surface area contributed by atoms with E-state index in [-0.39, 0.29) is 11.9 Å². The molecule has 116 valence electrons. The molecule has 5 nitrogen and oxygen atoms in total. The molecule has 20 heavy (non-hydrogen) atoms. The van der Waals surface area contributed by atoms with Crippen LogP contribution in [0.2, 0.25) is 0 Å². The number of carbonyl (C=O) groups excluding carboxylic acids is 1. The fourth-order valence-electron chi connectivity index (χ4n) is 2.88. The molecule has 0 radical (unpaired) electrons. The number of hydrogen-bond donors (Lipinski definition) is 1. The summed E-state index contributed by atoms with van der Waals surface area (Å²) in [7, 11) is 0. The second-order valence-electron chi connectivity index (χ2n) is 5.74. The third kappa shape index (κ3) is 5.04. The van der Waals surface area contributed by atoms with Crippen LogP contribution in [-0.4, -0.2) is 62.4 Å². The van der Waals surface area contributed by atoms with E-state index in [0.29, 0.717) is 39.0 Å². The van der Waals surface area contributed by atoms with Crippen LogP contribution >= 0.6 is 0 Å². The first kappa shape index (κ1) is 15.7. The zero-order valence-corrected chi connectivity index (χ0v) is 12.6. The number of nitrogens with one attached hydrogen (secondary N) is 1. The van der Waals surface area contributed by atoms with Crippen LogP contribution in [0.1, 0.15) is 39.0 Å². The maximum atomic E-state index is 12.2. The van der Waals surface area contributed by atoms with Crippen LogP contribution < -0.4 is 5.32 Å². The van der Waals surface area contributed by atoms with Crippen LogP contribution in [0.15, 0.2) is 0 Å². The quantitative estimate of drug-likeness (QED) is 0.744. The molecular formula is C15H28N2O3. The van der Waals surface area contributed by atoms with Gasteiger partial charge in [-0.15, -0.1) is 0 Å². The van der Waals surface area contributed by atoms with Gasteiger partial charge in [-0.3, -0.25) is 4.79 Å². The van der Waals surface area contributed by atoms with E-state index in [9.17, 15) is 4.79 Å². The predicted molar refractivity (Wildman–Crippen MR) is 77.7 cm³/mol. The summed E-state index contributed by atoms with van der Waals surface area (Å²) in [6.07, 6.45) is 6.78. The van der Waals surface area contributed by atoms with Crippen LogP contribution in [0, 0.1) is 0 Å². The minimum Gasteiger partial charge on any atom is -0.378 e. The van der Waals surface area contributed by atoms with Crippen molar-refractivity contribution in [1.82, 2.24) is 10.2 Å². The van der Waals surface area contributed by atoms with Crippen molar-refractivity contribution in [3.05, 3.63) is 0 Å². The maximum absolute atomic E-state index is 12.2. The molecule has 1 unspecified atom stereocenters. The molecule has 0 spiro atoms. The smallest absolute Gasteiger partial charge is 0.239 e. The Balaban J connectivity index is 1.56. The van der Waals surface area contributed by atoms with Crippen molar-refractivity contribution in [3.63, 3.8) is 0 Å². The van der Waals surface area contributed by atoms with E-state index in [0.717, 1.165) is 6.54 Å². The summed E-state index contributed by atoms with van der Waals surface area (Å²) in [5, 5.41) is 3.26. The fraction of sp³-hybridized carbons (Fsp3) is 0.933. The van der Waals surface area contributed by atoms with Gasteiger partial charge in [-0.05, 0) is 19.8 Å². The number of morpholine rings is 1. The van der Waals surface area contributed by atoms with E-state index >= 15 is 0 Å². The maximum Gasteiger partial charge on any atom is 0.239 e. The molecular weight excluding hydrogens is 256 g/mol. The average Bonchev–Trinajstić information content (AvgIpc) is 2.52. The largest absolute Gasteiger partial charge is 0.378 e. The number of amides is 1. The van der Waals surface area contributed by atoms with Gasteiger partial charge in [0.25, 0.3) is 0 Å². The van der Waals surface area contributed by atoms with Gasteiger partial charge >= 0.3 is 0 Å². The summed E-state index contributed by atoms with van der Waals surface area (Å²) in [6, 6.07) is -0.136. The van der Waals surface area contributed by atoms with E-state index in [1.807, 2.05) is 11.8 Å². The standard InChI is InChI=1S/C15H28N2O3/c1-13(15(18)17-8-11-19-12-9-17)16-7-10-20-14-5-3-2-4-6-14/h13-14,16H,2-12H2,1H3. The van der Waals surface area contributed by atoms with Crippen molar-refractivity contribution >= 4 is 5.91 Å². The van der Waals surface area contributed by atoms with Crippen molar-refractivity contribution in [1.29, 1.82) is 0 Å². The predicted octanol–water partition coefficient (Wildman–Crippen LogP) is 1.17. The normalized spacial score (nSPS) is 22.8. The van der Waals surface area contributed by atoms with Gasteiger partial charge in [-0.1, -0.05) is 19.3 Å². The van der Waals surface area contributed by atoms with Gasteiger partial charge < -0.3 is 19.7 Å². The molecule has 0 bridgehead atoms. The van der Waals surface area contributed by atoms with E-state index in [2.05, 4.69) is 5.32 Å². The SMILES string of the molecule is CC(NCCOC1CCCCC1)C(=O)N1CCOCC1. The van der Waals surface area contributed by atoms with E-state index in [4.69, 9.17) is 9.47 Å². The Bertz CT molecular complexity index is 287. The third-order valence-corrected chi connectivity index (χ3v) is 4.15. The highest BCUT2D eigenvalue weighted by molar-refractivity contribution is 5.81. The highest BCUT2D eigenvalue weighted by Gasteiger charge is 2.22. The van der Waals surface area contributed by atoms with Gasteiger partial charge in [0.1, 0.15) is 0 Å². The van der Waals surface area contributed by atoms with Crippen LogP contribution in [0.3, 0.4) is 0 Å².